The Bertz CT molecular complexity index is 854. The maximum absolute atomic E-state index is 12.4. The van der Waals surface area contributed by atoms with Gasteiger partial charge in [-0.2, -0.15) is 0 Å². The summed E-state index contributed by atoms with van der Waals surface area (Å²) in [5.41, 5.74) is 2.66. The molecule has 0 saturated carbocycles. The van der Waals surface area contributed by atoms with Crippen molar-refractivity contribution in [2.75, 3.05) is 11.9 Å². The molecule has 0 saturated heterocycles. The number of nitrogens with zero attached hydrogens (tertiary/aromatic N) is 1. The maximum atomic E-state index is 12.4. The van der Waals surface area contributed by atoms with Crippen LogP contribution in [0.4, 0.5) is 5.69 Å². The molecule has 2 N–H and O–H groups in total. The Morgan fingerprint density at radius 1 is 1.24 bits per heavy atom. The molecule has 2 aromatic heterocycles. The third kappa shape index (κ3) is 4.55. The molecule has 0 unspecified atom stereocenters. The van der Waals surface area contributed by atoms with Crippen molar-refractivity contribution < 1.29 is 9.21 Å². The number of carbonyl (C=O) groups is 1. The number of aromatic nitrogens is 1. The standard InChI is InChI=1S/C19H21N3O2S/c1-3-20-11-14-6-4-5-7-16(14)22-18(23)10-15-12-25-19(21-15)17-9-8-13(2)24-17/h4-9,12,20H,3,10-11H2,1-2H3,(H,22,23). The van der Waals surface area contributed by atoms with Gasteiger partial charge >= 0.3 is 0 Å². The van der Waals surface area contributed by atoms with E-state index in [0.29, 0.717) is 0 Å². The van der Waals surface area contributed by atoms with Crippen LogP contribution >= 0.6 is 11.3 Å². The molecule has 2 heterocycles. The summed E-state index contributed by atoms with van der Waals surface area (Å²) in [5.74, 6) is 1.52. The molecule has 0 aliphatic rings. The Labute approximate surface area is 151 Å². The minimum Gasteiger partial charge on any atom is -0.459 e. The Hall–Kier alpha value is -2.44. The first-order chi connectivity index (χ1) is 12.2. The van der Waals surface area contributed by atoms with Crippen LogP contribution in [0.2, 0.25) is 0 Å². The van der Waals surface area contributed by atoms with E-state index in [2.05, 4.69) is 22.5 Å². The number of rotatable bonds is 7. The minimum absolute atomic E-state index is 0.0728. The predicted molar refractivity (Wildman–Crippen MR) is 101 cm³/mol. The van der Waals surface area contributed by atoms with Gasteiger partial charge in [0.25, 0.3) is 0 Å². The molecule has 0 bridgehead atoms. The molecular weight excluding hydrogens is 334 g/mol. The molecule has 0 radical (unpaired) electrons. The number of furan rings is 1. The molecule has 1 aromatic carbocycles. The average Bonchev–Trinajstić information content (AvgIpc) is 3.23. The molecule has 6 heteroatoms. The van der Waals surface area contributed by atoms with E-state index < -0.39 is 0 Å². The normalized spacial score (nSPS) is 10.8. The third-order valence-corrected chi connectivity index (χ3v) is 4.61. The molecule has 130 valence electrons. The number of thiazole rings is 1. The van der Waals surface area contributed by atoms with E-state index in [1.54, 1.807) is 0 Å². The first kappa shape index (κ1) is 17.4. The number of nitrogens with one attached hydrogen (secondary N) is 2. The van der Waals surface area contributed by atoms with Crippen LogP contribution in [0.15, 0.2) is 46.2 Å². The first-order valence-corrected chi connectivity index (χ1v) is 9.13. The van der Waals surface area contributed by atoms with E-state index in [4.69, 9.17) is 4.42 Å². The van der Waals surface area contributed by atoms with E-state index in [1.165, 1.54) is 11.3 Å². The van der Waals surface area contributed by atoms with Crippen LogP contribution in [0.3, 0.4) is 0 Å². The van der Waals surface area contributed by atoms with Crippen molar-refractivity contribution in [3.05, 3.63) is 58.8 Å². The second-order valence-electron chi connectivity index (χ2n) is 5.72. The summed E-state index contributed by atoms with van der Waals surface area (Å²) in [7, 11) is 0. The summed E-state index contributed by atoms with van der Waals surface area (Å²) < 4.78 is 5.58. The zero-order chi connectivity index (χ0) is 17.6. The maximum Gasteiger partial charge on any atom is 0.230 e. The SMILES string of the molecule is CCNCc1ccccc1NC(=O)Cc1csc(-c2ccc(C)o2)n1. The molecule has 1 amide bonds. The molecule has 0 aliphatic heterocycles. The monoisotopic (exact) mass is 355 g/mol. The Balaban J connectivity index is 1.64. The Kier molecular flexibility index (Phi) is 5.63. The van der Waals surface area contributed by atoms with E-state index in [9.17, 15) is 4.79 Å². The molecule has 3 rings (SSSR count). The van der Waals surface area contributed by atoms with E-state index in [-0.39, 0.29) is 12.3 Å². The highest BCUT2D eigenvalue weighted by atomic mass is 32.1. The summed E-state index contributed by atoms with van der Waals surface area (Å²) in [6.07, 6.45) is 0.242. The Morgan fingerprint density at radius 2 is 2.08 bits per heavy atom. The van der Waals surface area contributed by atoms with Gasteiger partial charge in [-0.05, 0) is 37.2 Å². The van der Waals surface area contributed by atoms with Crippen LogP contribution in [0.1, 0.15) is 23.9 Å². The van der Waals surface area contributed by atoms with Crippen molar-refractivity contribution >= 4 is 22.9 Å². The summed E-state index contributed by atoms with van der Waals surface area (Å²) in [6, 6.07) is 11.6. The van der Waals surface area contributed by atoms with Crippen LogP contribution in [-0.2, 0) is 17.8 Å². The summed E-state index contributed by atoms with van der Waals surface area (Å²) in [6.45, 7) is 5.57. The van der Waals surface area contributed by atoms with Gasteiger partial charge in [-0.3, -0.25) is 4.79 Å². The average molecular weight is 355 g/mol. The van der Waals surface area contributed by atoms with Crippen molar-refractivity contribution in [2.24, 2.45) is 0 Å². The lowest BCUT2D eigenvalue weighted by Gasteiger charge is -2.11. The van der Waals surface area contributed by atoms with E-state index in [1.807, 2.05) is 48.7 Å². The molecule has 0 atom stereocenters. The van der Waals surface area contributed by atoms with Gasteiger partial charge in [0.15, 0.2) is 10.8 Å². The minimum atomic E-state index is -0.0728. The van der Waals surface area contributed by atoms with Crippen LogP contribution in [-0.4, -0.2) is 17.4 Å². The number of aryl methyl sites for hydroxylation is 1. The van der Waals surface area contributed by atoms with Gasteiger partial charge in [-0.15, -0.1) is 11.3 Å². The highest BCUT2D eigenvalue weighted by Crippen LogP contribution is 2.26. The van der Waals surface area contributed by atoms with Gasteiger partial charge in [-0.1, -0.05) is 25.1 Å². The summed E-state index contributed by atoms with van der Waals surface area (Å²) >= 11 is 1.48. The topological polar surface area (TPSA) is 67.2 Å². The molecule has 0 spiro atoms. The number of anilines is 1. The lowest BCUT2D eigenvalue weighted by atomic mass is 10.1. The summed E-state index contributed by atoms with van der Waals surface area (Å²) in [5, 5.41) is 8.96. The van der Waals surface area contributed by atoms with Crippen LogP contribution in [0, 0.1) is 6.92 Å². The van der Waals surface area contributed by atoms with Crippen LogP contribution in [0.5, 0.6) is 0 Å². The zero-order valence-corrected chi connectivity index (χ0v) is 15.2. The van der Waals surface area contributed by atoms with Gasteiger partial charge in [0.2, 0.25) is 5.91 Å². The number of benzene rings is 1. The molecule has 0 fully saturated rings. The zero-order valence-electron chi connectivity index (χ0n) is 14.3. The smallest absolute Gasteiger partial charge is 0.230 e. The first-order valence-electron chi connectivity index (χ1n) is 8.25. The number of hydrogen-bond acceptors (Lipinski definition) is 5. The van der Waals surface area contributed by atoms with Gasteiger partial charge in [0, 0.05) is 17.6 Å². The fourth-order valence-electron chi connectivity index (χ4n) is 2.47. The number of amides is 1. The van der Waals surface area contributed by atoms with Crippen LogP contribution < -0.4 is 10.6 Å². The quantitative estimate of drug-likeness (QED) is 0.672. The second-order valence-corrected chi connectivity index (χ2v) is 6.57. The van der Waals surface area contributed by atoms with Crippen molar-refractivity contribution in [1.29, 1.82) is 0 Å². The second kappa shape index (κ2) is 8.09. The number of para-hydroxylation sites is 1. The number of hydrogen-bond donors (Lipinski definition) is 2. The number of carbonyl (C=O) groups excluding carboxylic acids is 1. The van der Waals surface area contributed by atoms with Crippen molar-refractivity contribution in [3.63, 3.8) is 0 Å². The molecular formula is C19H21N3O2S. The van der Waals surface area contributed by atoms with Crippen LogP contribution in [0.25, 0.3) is 10.8 Å². The van der Waals surface area contributed by atoms with Gasteiger partial charge in [-0.25, -0.2) is 4.98 Å². The van der Waals surface area contributed by atoms with E-state index >= 15 is 0 Å². The van der Waals surface area contributed by atoms with Crippen molar-refractivity contribution in [2.45, 2.75) is 26.8 Å². The highest BCUT2D eigenvalue weighted by Gasteiger charge is 2.12. The predicted octanol–water partition coefficient (Wildman–Crippen LogP) is 4.00. The molecule has 5 nitrogen and oxygen atoms in total. The highest BCUT2D eigenvalue weighted by molar-refractivity contribution is 7.13. The lowest BCUT2D eigenvalue weighted by Crippen LogP contribution is -2.18. The Morgan fingerprint density at radius 3 is 2.84 bits per heavy atom. The molecule has 25 heavy (non-hydrogen) atoms. The largest absolute Gasteiger partial charge is 0.459 e. The fraction of sp³-hybridized carbons (Fsp3) is 0.263. The van der Waals surface area contributed by atoms with Crippen molar-refractivity contribution in [1.82, 2.24) is 10.3 Å². The summed E-state index contributed by atoms with van der Waals surface area (Å²) in [4.78, 5) is 16.9. The lowest BCUT2D eigenvalue weighted by molar-refractivity contribution is -0.115. The third-order valence-electron chi connectivity index (χ3n) is 3.70. The van der Waals surface area contributed by atoms with Gasteiger partial charge < -0.3 is 15.1 Å². The van der Waals surface area contributed by atoms with E-state index in [0.717, 1.165) is 46.6 Å². The molecule has 3 aromatic rings. The van der Waals surface area contributed by atoms with Gasteiger partial charge in [0.1, 0.15) is 5.76 Å². The van der Waals surface area contributed by atoms with Gasteiger partial charge in [0.05, 0.1) is 12.1 Å². The fourth-order valence-corrected chi connectivity index (χ4v) is 3.25. The molecule has 0 aliphatic carbocycles. The van der Waals surface area contributed by atoms with Crippen molar-refractivity contribution in [3.8, 4) is 10.8 Å².